The highest BCUT2D eigenvalue weighted by Crippen LogP contribution is 2.27. The molecule has 3 rings (SSSR count). The van der Waals surface area contributed by atoms with Gasteiger partial charge in [0.25, 0.3) is 5.91 Å². The molecule has 3 N–H and O–H groups in total. The summed E-state index contributed by atoms with van der Waals surface area (Å²) in [4.78, 5) is 41.5. The van der Waals surface area contributed by atoms with Crippen LogP contribution in [0.1, 0.15) is 54.2 Å². The number of hydrogen-bond donors (Lipinski definition) is 2. The number of nitrogens with two attached hydrogens (primary N) is 1. The van der Waals surface area contributed by atoms with Gasteiger partial charge in [0, 0.05) is 32.2 Å². The molecule has 0 aliphatic rings. The molecule has 2 heterocycles. The van der Waals surface area contributed by atoms with Gasteiger partial charge in [-0.25, -0.2) is 4.79 Å². The molecular formula is C26H35N7O5. The van der Waals surface area contributed by atoms with Gasteiger partial charge in [-0.15, -0.1) is 0 Å². The largest absolute Gasteiger partial charge is 0.494 e. The second-order valence-electron chi connectivity index (χ2n) is 9.64. The van der Waals surface area contributed by atoms with E-state index in [-0.39, 0.29) is 18.7 Å². The van der Waals surface area contributed by atoms with Crippen molar-refractivity contribution in [1.82, 2.24) is 24.2 Å². The Morgan fingerprint density at radius 2 is 1.89 bits per heavy atom. The van der Waals surface area contributed by atoms with Crippen LogP contribution in [-0.4, -0.2) is 56.1 Å². The van der Waals surface area contributed by atoms with Gasteiger partial charge in [-0.1, -0.05) is 12.2 Å². The maximum absolute atomic E-state index is 13.2. The van der Waals surface area contributed by atoms with Gasteiger partial charge in [-0.2, -0.15) is 10.1 Å². The van der Waals surface area contributed by atoms with Crippen LogP contribution in [0.15, 0.2) is 35.3 Å². The summed E-state index contributed by atoms with van der Waals surface area (Å²) in [7, 11) is 3.23. The van der Waals surface area contributed by atoms with Crippen LogP contribution in [0.4, 0.5) is 4.79 Å². The van der Waals surface area contributed by atoms with Gasteiger partial charge in [0.1, 0.15) is 22.6 Å². The Bertz CT molecular complexity index is 1470. The van der Waals surface area contributed by atoms with Crippen molar-refractivity contribution < 1.29 is 23.9 Å². The Labute approximate surface area is 220 Å². The van der Waals surface area contributed by atoms with Crippen molar-refractivity contribution in [3.63, 3.8) is 0 Å². The first-order chi connectivity index (χ1) is 17.9. The standard InChI is InChI=1S/C26H35N7O5/c1-8-33-19(13-16(2)30-33)23(35)29-24-31(6)18-14-17(22(27)34)15-20(37-7)21(18)32(24)12-10-9-11-28-25(36)38-26(3,4)5/h9-10,13-15H,8,11-12H2,1-7H3,(H2,27,34)(H,28,36)/b10-9+,29-24+. The molecule has 3 amide bonds. The highest BCUT2D eigenvalue weighted by atomic mass is 16.6. The number of imidazole rings is 1. The molecule has 0 aliphatic carbocycles. The number of nitrogens with one attached hydrogen (secondary N) is 1. The van der Waals surface area contributed by atoms with E-state index in [1.54, 1.807) is 65.9 Å². The summed E-state index contributed by atoms with van der Waals surface area (Å²) in [5.74, 6) is -0.671. The molecule has 12 heteroatoms. The van der Waals surface area contributed by atoms with Gasteiger partial charge >= 0.3 is 6.09 Å². The van der Waals surface area contributed by atoms with Gasteiger partial charge in [-0.05, 0) is 52.8 Å². The molecule has 0 aliphatic heterocycles. The Morgan fingerprint density at radius 3 is 2.50 bits per heavy atom. The summed E-state index contributed by atoms with van der Waals surface area (Å²) in [5.41, 5.74) is 7.83. The fourth-order valence-electron chi connectivity index (χ4n) is 3.94. The lowest BCUT2D eigenvalue weighted by Gasteiger charge is -2.19. The number of allylic oxidation sites excluding steroid dienone is 1. The van der Waals surface area contributed by atoms with Crippen LogP contribution in [0.2, 0.25) is 0 Å². The number of aryl methyl sites for hydroxylation is 3. The summed E-state index contributed by atoms with van der Waals surface area (Å²) in [6.45, 7) is 10.1. The first-order valence-corrected chi connectivity index (χ1v) is 12.2. The monoisotopic (exact) mass is 525 g/mol. The predicted octanol–water partition coefficient (Wildman–Crippen LogP) is 2.43. The zero-order valence-corrected chi connectivity index (χ0v) is 22.9. The number of alkyl carbamates (subject to hydrolysis) is 1. The quantitative estimate of drug-likeness (QED) is 0.432. The van der Waals surface area contributed by atoms with E-state index in [1.807, 2.05) is 19.9 Å². The van der Waals surface area contributed by atoms with Crippen molar-refractivity contribution in [2.45, 2.75) is 53.3 Å². The predicted molar refractivity (Wildman–Crippen MR) is 142 cm³/mol. The number of benzene rings is 1. The Balaban J connectivity index is 2.07. The Hall–Kier alpha value is -4.35. The summed E-state index contributed by atoms with van der Waals surface area (Å²) >= 11 is 0. The van der Waals surface area contributed by atoms with Crippen LogP contribution < -0.4 is 21.4 Å². The fraction of sp³-hybridized carbons (Fsp3) is 0.423. The normalized spacial score (nSPS) is 12.3. The molecule has 38 heavy (non-hydrogen) atoms. The van der Waals surface area contributed by atoms with Crippen LogP contribution in [0, 0.1) is 6.92 Å². The smallest absolute Gasteiger partial charge is 0.407 e. The maximum Gasteiger partial charge on any atom is 0.407 e. The number of carbonyl (C=O) groups excluding carboxylic acids is 3. The van der Waals surface area contributed by atoms with E-state index in [2.05, 4.69) is 15.4 Å². The second-order valence-corrected chi connectivity index (χ2v) is 9.64. The second kappa shape index (κ2) is 11.4. The minimum absolute atomic E-state index is 0.240. The molecule has 0 unspecified atom stereocenters. The minimum Gasteiger partial charge on any atom is -0.494 e. The molecule has 0 bridgehead atoms. The van der Waals surface area contributed by atoms with Gasteiger partial charge in [-0.3, -0.25) is 14.3 Å². The van der Waals surface area contributed by atoms with E-state index in [0.29, 0.717) is 40.3 Å². The van der Waals surface area contributed by atoms with E-state index < -0.39 is 23.5 Å². The third-order valence-electron chi connectivity index (χ3n) is 5.57. The number of methoxy groups -OCH3 is 1. The van der Waals surface area contributed by atoms with E-state index >= 15 is 0 Å². The number of hydrogen-bond acceptors (Lipinski definition) is 6. The molecule has 1 aromatic carbocycles. The molecule has 0 fully saturated rings. The van der Waals surface area contributed by atoms with Crippen molar-refractivity contribution in [3.8, 4) is 5.75 Å². The van der Waals surface area contributed by atoms with Crippen LogP contribution in [0.3, 0.4) is 0 Å². The van der Waals surface area contributed by atoms with Gasteiger partial charge in [0.2, 0.25) is 11.5 Å². The zero-order chi connectivity index (χ0) is 28.2. The summed E-state index contributed by atoms with van der Waals surface area (Å²) < 4.78 is 15.9. The topological polar surface area (TPSA) is 148 Å². The van der Waals surface area contributed by atoms with Crippen LogP contribution >= 0.6 is 0 Å². The maximum atomic E-state index is 13.2. The number of fused-ring (bicyclic) bond motifs is 1. The highest BCUT2D eigenvalue weighted by Gasteiger charge is 2.19. The average Bonchev–Trinajstić information content (AvgIpc) is 3.34. The van der Waals surface area contributed by atoms with Crippen molar-refractivity contribution in [2.75, 3.05) is 13.7 Å². The van der Waals surface area contributed by atoms with Gasteiger partial charge < -0.3 is 29.7 Å². The van der Waals surface area contributed by atoms with E-state index in [1.165, 1.54) is 7.11 Å². The lowest BCUT2D eigenvalue weighted by Crippen LogP contribution is -2.32. The van der Waals surface area contributed by atoms with Crippen molar-refractivity contribution >= 4 is 28.9 Å². The van der Waals surface area contributed by atoms with E-state index in [4.69, 9.17) is 15.2 Å². The summed E-state index contributed by atoms with van der Waals surface area (Å²) in [5, 5.41) is 7.01. The molecular weight excluding hydrogens is 490 g/mol. The van der Waals surface area contributed by atoms with Crippen molar-refractivity contribution in [1.29, 1.82) is 0 Å². The number of ether oxygens (including phenoxy) is 2. The number of rotatable bonds is 8. The van der Waals surface area contributed by atoms with Crippen molar-refractivity contribution in [3.05, 3.63) is 52.9 Å². The third kappa shape index (κ3) is 6.31. The van der Waals surface area contributed by atoms with Crippen LogP contribution in [0.5, 0.6) is 5.75 Å². The first kappa shape index (κ1) is 28.2. The lowest BCUT2D eigenvalue weighted by molar-refractivity contribution is 0.0533. The van der Waals surface area contributed by atoms with Crippen molar-refractivity contribution in [2.24, 2.45) is 17.8 Å². The SMILES string of the molecule is CCn1nc(C)cc1C(=O)/N=c1\n(C)c2cc(C(N)=O)cc(OC)c2n1C/C=C/CNC(=O)OC(C)(C)C. The molecule has 0 spiro atoms. The number of nitrogens with zero attached hydrogens (tertiary/aromatic N) is 5. The molecule has 3 aromatic rings. The van der Waals surface area contributed by atoms with Gasteiger partial charge in [0.15, 0.2) is 0 Å². The Morgan fingerprint density at radius 1 is 1.18 bits per heavy atom. The Kier molecular flexibility index (Phi) is 8.44. The summed E-state index contributed by atoms with van der Waals surface area (Å²) in [6.07, 6.45) is 3.06. The molecule has 0 saturated heterocycles. The van der Waals surface area contributed by atoms with Crippen LogP contribution in [0.25, 0.3) is 11.0 Å². The molecule has 2 aromatic heterocycles. The summed E-state index contributed by atoms with van der Waals surface area (Å²) in [6, 6.07) is 4.88. The highest BCUT2D eigenvalue weighted by molar-refractivity contribution is 5.98. The molecule has 12 nitrogen and oxygen atoms in total. The zero-order valence-electron chi connectivity index (χ0n) is 22.9. The number of amides is 3. The van der Waals surface area contributed by atoms with E-state index in [9.17, 15) is 14.4 Å². The fourth-order valence-corrected chi connectivity index (χ4v) is 3.94. The molecule has 0 saturated carbocycles. The molecule has 0 atom stereocenters. The van der Waals surface area contributed by atoms with Crippen LogP contribution in [-0.2, 0) is 24.9 Å². The minimum atomic E-state index is -0.608. The number of primary amides is 1. The number of aromatic nitrogens is 4. The van der Waals surface area contributed by atoms with E-state index in [0.717, 1.165) is 0 Å². The number of carbonyl (C=O) groups is 3. The molecule has 0 radical (unpaired) electrons. The first-order valence-electron chi connectivity index (χ1n) is 12.2. The molecule has 204 valence electrons. The lowest BCUT2D eigenvalue weighted by atomic mass is 10.1. The average molecular weight is 526 g/mol. The third-order valence-corrected chi connectivity index (χ3v) is 5.57. The van der Waals surface area contributed by atoms with Gasteiger partial charge in [0.05, 0.1) is 18.3 Å².